The van der Waals surface area contributed by atoms with Crippen molar-refractivity contribution < 1.29 is 32.7 Å². The summed E-state index contributed by atoms with van der Waals surface area (Å²) in [4.78, 5) is 12.8. The van der Waals surface area contributed by atoms with Crippen LogP contribution < -0.4 is 0 Å². The Morgan fingerprint density at radius 3 is 2.03 bits per heavy atom. The summed E-state index contributed by atoms with van der Waals surface area (Å²) in [6, 6.07) is 28.4. The van der Waals surface area contributed by atoms with Crippen LogP contribution >= 0.6 is 0 Å². The van der Waals surface area contributed by atoms with Gasteiger partial charge in [-0.25, -0.2) is 0 Å². The first kappa shape index (κ1) is 28.9. The average molecular weight is 551 g/mol. The second kappa shape index (κ2) is 14.9. The molecule has 6 atom stereocenters. The molecule has 1 heterocycles. The van der Waals surface area contributed by atoms with E-state index in [1.807, 2.05) is 78.9 Å². The quantitative estimate of drug-likeness (QED) is 0.223. The van der Waals surface area contributed by atoms with Crippen molar-refractivity contribution in [3.8, 4) is 0 Å². The van der Waals surface area contributed by atoms with Gasteiger partial charge in [-0.2, -0.15) is 0 Å². The second-order valence-electron chi connectivity index (χ2n) is 9.08. The van der Waals surface area contributed by atoms with Crippen LogP contribution in [0.15, 0.2) is 109 Å². The van der Waals surface area contributed by atoms with E-state index in [2.05, 4.69) is 6.58 Å². The number of benzene rings is 3. The summed E-state index contributed by atoms with van der Waals surface area (Å²) in [6.45, 7) is 5.94. The zero-order valence-electron chi connectivity index (χ0n) is 21.9. The van der Waals surface area contributed by atoms with Crippen LogP contribution in [-0.4, -0.2) is 53.2 Å². The molecule has 0 N–H and O–H groups in total. The van der Waals surface area contributed by atoms with Crippen LogP contribution in [0.5, 0.6) is 0 Å². The highest BCUT2D eigenvalue weighted by molar-refractivity contribution is 7.85. The number of esters is 1. The minimum Gasteiger partial charge on any atom is -0.457 e. The number of carbonyl (C=O) groups excluding carboxylic acids is 1. The van der Waals surface area contributed by atoms with Gasteiger partial charge in [0.1, 0.15) is 18.3 Å². The zero-order valence-corrected chi connectivity index (χ0v) is 22.7. The van der Waals surface area contributed by atoms with Gasteiger partial charge in [-0.3, -0.25) is 9.00 Å². The van der Waals surface area contributed by atoms with Gasteiger partial charge in [0.15, 0.2) is 11.5 Å². The lowest BCUT2D eigenvalue weighted by atomic mass is 9.99. The third-order valence-corrected chi connectivity index (χ3v) is 7.70. The number of rotatable bonds is 13. The van der Waals surface area contributed by atoms with Crippen LogP contribution in [0.3, 0.4) is 0 Å². The van der Waals surface area contributed by atoms with Crippen LogP contribution in [0, 0.1) is 0 Å². The van der Waals surface area contributed by atoms with Gasteiger partial charge in [-0.15, -0.1) is 6.58 Å². The topological polar surface area (TPSA) is 80.3 Å². The van der Waals surface area contributed by atoms with Crippen LogP contribution in [-0.2, 0) is 52.5 Å². The molecule has 4 rings (SSSR count). The molecule has 7 nitrogen and oxygen atoms in total. The molecular weight excluding hydrogens is 516 g/mol. The first-order valence-electron chi connectivity index (χ1n) is 12.8. The Bertz CT molecular complexity index is 1190. The van der Waals surface area contributed by atoms with Crippen molar-refractivity contribution in [1.82, 2.24) is 0 Å². The van der Waals surface area contributed by atoms with Crippen molar-refractivity contribution in [3.05, 3.63) is 115 Å². The summed E-state index contributed by atoms with van der Waals surface area (Å²) in [5.41, 5.74) is 1.01. The molecule has 1 aliphatic rings. The normalized spacial score (nSPS) is 23.6. The largest absolute Gasteiger partial charge is 0.457 e. The molecule has 0 aliphatic carbocycles. The summed E-state index contributed by atoms with van der Waals surface area (Å²) in [6.07, 6.45) is -1.60. The Labute approximate surface area is 232 Å². The predicted molar refractivity (Wildman–Crippen MR) is 148 cm³/mol. The lowest BCUT2D eigenvalue weighted by Gasteiger charge is -2.45. The monoisotopic (exact) mass is 550 g/mol. The lowest BCUT2D eigenvalue weighted by molar-refractivity contribution is -0.244. The highest BCUT2D eigenvalue weighted by atomic mass is 32.2. The van der Waals surface area contributed by atoms with E-state index in [4.69, 9.17) is 23.7 Å². The number of carbonyl (C=O) groups is 1. The SMILES string of the molecule is C=CCO[C@H]1[C@H](OC(C)=O)[C@@H](COCc2ccccc2)O[C@H](S(=O)c2ccccc2)[C@H]1OCc1ccccc1. The highest BCUT2D eigenvalue weighted by Gasteiger charge is 2.51. The Kier molecular flexibility index (Phi) is 11.0. The van der Waals surface area contributed by atoms with E-state index < -0.39 is 46.6 Å². The Hall–Kier alpha value is -3.14. The van der Waals surface area contributed by atoms with Crippen LogP contribution in [0.2, 0.25) is 0 Å². The van der Waals surface area contributed by atoms with Gasteiger partial charge in [0.2, 0.25) is 0 Å². The van der Waals surface area contributed by atoms with Crippen molar-refractivity contribution in [2.24, 2.45) is 0 Å². The zero-order chi connectivity index (χ0) is 27.5. The van der Waals surface area contributed by atoms with E-state index in [0.717, 1.165) is 11.1 Å². The third-order valence-electron chi connectivity index (χ3n) is 6.17. The molecular formula is C31H34O7S. The lowest BCUT2D eigenvalue weighted by Crippen LogP contribution is -2.62. The Balaban J connectivity index is 1.64. The Morgan fingerprint density at radius 2 is 1.44 bits per heavy atom. The summed E-state index contributed by atoms with van der Waals surface area (Å²) >= 11 is 0. The van der Waals surface area contributed by atoms with Gasteiger partial charge in [0.25, 0.3) is 0 Å². The van der Waals surface area contributed by atoms with Gasteiger partial charge >= 0.3 is 5.97 Å². The minimum absolute atomic E-state index is 0.0919. The molecule has 3 aromatic rings. The summed E-state index contributed by atoms with van der Waals surface area (Å²) < 4.78 is 44.6. The van der Waals surface area contributed by atoms with Gasteiger partial charge in [-0.05, 0) is 23.3 Å². The van der Waals surface area contributed by atoms with E-state index in [-0.39, 0.29) is 19.8 Å². The molecule has 0 spiro atoms. The van der Waals surface area contributed by atoms with Gasteiger partial charge in [0, 0.05) is 11.8 Å². The predicted octanol–water partition coefficient (Wildman–Crippen LogP) is 4.82. The van der Waals surface area contributed by atoms with Gasteiger partial charge in [0.05, 0.1) is 37.2 Å². The molecule has 1 saturated heterocycles. The van der Waals surface area contributed by atoms with E-state index in [1.54, 1.807) is 18.2 Å². The molecule has 0 bridgehead atoms. The van der Waals surface area contributed by atoms with Crippen molar-refractivity contribution in [2.45, 2.75) is 54.9 Å². The molecule has 206 valence electrons. The summed E-state index contributed by atoms with van der Waals surface area (Å²) in [7, 11) is -1.62. The fourth-order valence-corrected chi connectivity index (χ4v) is 5.80. The fraction of sp³-hybridized carbons (Fsp3) is 0.323. The fourth-order valence-electron chi connectivity index (χ4n) is 4.39. The first-order chi connectivity index (χ1) is 19.1. The Morgan fingerprint density at radius 1 is 0.846 bits per heavy atom. The third kappa shape index (κ3) is 8.17. The maximum atomic E-state index is 13.9. The molecule has 8 heteroatoms. The second-order valence-corrected chi connectivity index (χ2v) is 10.6. The maximum Gasteiger partial charge on any atom is 0.303 e. The van der Waals surface area contributed by atoms with E-state index in [0.29, 0.717) is 11.5 Å². The maximum absolute atomic E-state index is 13.9. The van der Waals surface area contributed by atoms with Crippen molar-refractivity contribution in [2.75, 3.05) is 13.2 Å². The van der Waals surface area contributed by atoms with Crippen LogP contribution in [0.4, 0.5) is 0 Å². The number of hydrogen-bond donors (Lipinski definition) is 0. The molecule has 1 aliphatic heterocycles. The number of hydrogen-bond acceptors (Lipinski definition) is 7. The highest BCUT2D eigenvalue weighted by Crippen LogP contribution is 2.33. The number of ether oxygens (including phenoxy) is 5. The van der Waals surface area contributed by atoms with Crippen molar-refractivity contribution >= 4 is 16.8 Å². The summed E-state index contributed by atoms with van der Waals surface area (Å²) in [5, 5.41) is 0. The van der Waals surface area contributed by atoms with Crippen molar-refractivity contribution in [1.29, 1.82) is 0 Å². The molecule has 0 radical (unpaired) electrons. The molecule has 0 saturated carbocycles. The van der Waals surface area contributed by atoms with Crippen LogP contribution in [0.25, 0.3) is 0 Å². The minimum atomic E-state index is -1.62. The molecule has 0 amide bonds. The standard InChI is InChI=1S/C31H34O7S/c1-3-19-35-29-28(37-23(2)32)27(22-34-20-24-13-7-4-8-14-24)38-31(39(33)26-17-11-6-12-18-26)30(29)36-21-25-15-9-5-10-16-25/h3-18,27-31H,1,19-22H2,2H3/t27-,28-,29+,30+,31-,39?/m1/s1. The molecule has 0 aromatic heterocycles. The molecule has 39 heavy (non-hydrogen) atoms. The first-order valence-corrected chi connectivity index (χ1v) is 14.1. The van der Waals surface area contributed by atoms with Gasteiger partial charge < -0.3 is 23.7 Å². The molecule has 3 aromatic carbocycles. The van der Waals surface area contributed by atoms with E-state index in [1.165, 1.54) is 6.92 Å². The molecule has 1 fully saturated rings. The smallest absolute Gasteiger partial charge is 0.303 e. The van der Waals surface area contributed by atoms with Gasteiger partial charge in [-0.1, -0.05) is 84.9 Å². The van der Waals surface area contributed by atoms with E-state index >= 15 is 0 Å². The summed E-state index contributed by atoms with van der Waals surface area (Å²) in [5.74, 6) is -0.492. The van der Waals surface area contributed by atoms with E-state index in [9.17, 15) is 9.00 Å². The van der Waals surface area contributed by atoms with Crippen molar-refractivity contribution in [3.63, 3.8) is 0 Å². The van der Waals surface area contributed by atoms with Crippen LogP contribution in [0.1, 0.15) is 18.1 Å². The molecule has 1 unspecified atom stereocenters. The average Bonchev–Trinajstić information content (AvgIpc) is 2.97.